The van der Waals surface area contributed by atoms with Crippen LogP contribution in [-0.4, -0.2) is 63.3 Å². The van der Waals surface area contributed by atoms with Gasteiger partial charge < -0.3 is 14.8 Å². The third-order valence-corrected chi connectivity index (χ3v) is 7.86. The monoisotopic (exact) mass is 530 g/mol. The molecule has 0 aliphatic carbocycles. The molecule has 0 bridgehead atoms. The molecule has 1 fully saturated rings. The quantitative estimate of drug-likeness (QED) is 0.345. The van der Waals surface area contributed by atoms with Crippen LogP contribution in [0.4, 0.5) is 5.69 Å². The molecule has 1 saturated heterocycles. The van der Waals surface area contributed by atoms with E-state index in [2.05, 4.69) is 5.32 Å². The van der Waals surface area contributed by atoms with E-state index in [4.69, 9.17) is 9.47 Å². The Labute approximate surface area is 218 Å². The SMILES string of the molecule is CCOC(=O)C1CCN(S(=O)(=O)c2cccc(C(=O)CNc3cccc(C(=O)OCC(C)C)c3)c2)CC1. The van der Waals surface area contributed by atoms with Crippen molar-refractivity contribution in [1.82, 2.24) is 4.31 Å². The maximum Gasteiger partial charge on any atom is 0.338 e. The van der Waals surface area contributed by atoms with Crippen LogP contribution in [0.5, 0.6) is 0 Å². The van der Waals surface area contributed by atoms with E-state index in [0.717, 1.165) is 0 Å². The number of hydrogen-bond acceptors (Lipinski definition) is 8. The summed E-state index contributed by atoms with van der Waals surface area (Å²) in [4.78, 5) is 37.0. The highest BCUT2D eigenvalue weighted by atomic mass is 32.2. The van der Waals surface area contributed by atoms with Crippen molar-refractivity contribution in [3.63, 3.8) is 0 Å². The van der Waals surface area contributed by atoms with Crippen LogP contribution in [0.1, 0.15) is 54.3 Å². The first-order valence-corrected chi connectivity index (χ1v) is 13.9. The Kier molecular flexibility index (Phi) is 9.82. The van der Waals surface area contributed by atoms with E-state index >= 15 is 0 Å². The third kappa shape index (κ3) is 7.62. The standard InChI is InChI=1S/C27H34N2O7S/c1-4-35-26(31)20-11-13-29(14-12-20)37(33,34)24-10-6-7-21(16-24)25(30)17-28-23-9-5-8-22(15-23)27(32)36-18-19(2)3/h5-10,15-16,19-20,28H,4,11-14,17-18H2,1-3H3. The van der Waals surface area contributed by atoms with Gasteiger partial charge in [-0.1, -0.05) is 32.0 Å². The summed E-state index contributed by atoms with van der Waals surface area (Å²) >= 11 is 0. The van der Waals surface area contributed by atoms with Gasteiger partial charge in [-0.2, -0.15) is 4.31 Å². The molecule has 1 heterocycles. The Balaban J connectivity index is 1.62. The smallest absolute Gasteiger partial charge is 0.338 e. The molecule has 1 N–H and O–H groups in total. The Bertz CT molecular complexity index is 1220. The molecule has 2 aromatic rings. The van der Waals surface area contributed by atoms with Gasteiger partial charge in [0.15, 0.2) is 5.78 Å². The molecule has 2 aromatic carbocycles. The van der Waals surface area contributed by atoms with Gasteiger partial charge in [-0.05, 0) is 56.0 Å². The van der Waals surface area contributed by atoms with Crippen LogP contribution < -0.4 is 5.32 Å². The highest BCUT2D eigenvalue weighted by Crippen LogP contribution is 2.25. The molecule has 0 aromatic heterocycles. The molecule has 0 unspecified atom stereocenters. The molecule has 37 heavy (non-hydrogen) atoms. The fourth-order valence-electron chi connectivity index (χ4n) is 3.94. The van der Waals surface area contributed by atoms with Crippen molar-refractivity contribution < 1.29 is 32.3 Å². The van der Waals surface area contributed by atoms with Crippen molar-refractivity contribution in [3.05, 3.63) is 59.7 Å². The molecular weight excluding hydrogens is 496 g/mol. The van der Waals surface area contributed by atoms with E-state index in [1.165, 1.54) is 22.5 Å². The largest absolute Gasteiger partial charge is 0.466 e. The molecule has 1 aliphatic heterocycles. The van der Waals surface area contributed by atoms with Gasteiger partial charge in [0.05, 0.1) is 36.1 Å². The van der Waals surface area contributed by atoms with Gasteiger partial charge in [-0.25, -0.2) is 13.2 Å². The van der Waals surface area contributed by atoms with Crippen LogP contribution in [0.2, 0.25) is 0 Å². The van der Waals surface area contributed by atoms with E-state index in [-0.39, 0.29) is 53.7 Å². The van der Waals surface area contributed by atoms with Crippen molar-refractivity contribution >= 4 is 33.4 Å². The summed E-state index contributed by atoms with van der Waals surface area (Å²) in [6.45, 7) is 6.59. The minimum Gasteiger partial charge on any atom is -0.466 e. The van der Waals surface area contributed by atoms with E-state index in [9.17, 15) is 22.8 Å². The van der Waals surface area contributed by atoms with Crippen LogP contribution >= 0.6 is 0 Å². The summed E-state index contributed by atoms with van der Waals surface area (Å²) in [6.07, 6.45) is 0.787. The predicted molar refractivity (Wildman–Crippen MR) is 139 cm³/mol. The van der Waals surface area contributed by atoms with Crippen LogP contribution in [0.15, 0.2) is 53.4 Å². The number of anilines is 1. The number of carbonyl (C=O) groups is 3. The molecule has 9 nitrogen and oxygen atoms in total. The third-order valence-electron chi connectivity index (χ3n) is 5.97. The Hall–Kier alpha value is -3.24. The van der Waals surface area contributed by atoms with Crippen molar-refractivity contribution in [3.8, 4) is 0 Å². The number of sulfonamides is 1. The number of benzene rings is 2. The number of hydrogen-bond donors (Lipinski definition) is 1. The van der Waals surface area contributed by atoms with Gasteiger partial charge in [0, 0.05) is 24.3 Å². The first-order chi connectivity index (χ1) is 17.6. The van der Waals surface area contributed by atoms with Gasteiger partial charge in [0.25, 0.3) is 0 Å². The normalized spacial score (nSPS) is 14.8. The first kappa shape index (κ1) is 28.3. The summed E-state index contributed by atoms with van der Waals surface area (Å²) in [5, 5.41) is 2.99. The lowest BCUT2D eigenvalue weighted by atomic mass is 9.98. The molecule has 200 valence electrons. The average Bonchev–Trinajstić information content (AvgIpc) is 2.90. The van der Waals surface area contributed by atoms with Crippen molar-refractivity contribution in [2.75, 3.05) is 38.2 Å². The summed E-state index contributed by atoms with van der Waals surface area (Å²) < 4.78 is 38.0. The minimum absolute atomic E-state index is 0.0304. The summed E-state index contributed by atoms with van der Waals surface area (Å²) in [7, 11) is -3.82. The zero-order valence-corrected chi connectivity index (χ0v) is 22.3. The molecule has 1 aliphatic rings. The van der Waals surface area contributed by atoms with E-state index < -0.39 is 16.0 Å². The number of Topliss-reactive ketones (excluding diaryl/α,β-unsaturated/α-hetero) is 1. The lowest BCUT2D eigenvalue weighted by Crippen LogP contribution is -2.40. The Morgan fingerprint density at radius 2 is 1.68 bits per heavy atom. The molecule has 10 heteroatoms. The molecule has 0 amide bonds. The number of ketones is 1. The van der Waals surface area contributed by atoms with Crippen molar-refractivity contribution in [2.45, 2.75) is 38.5 Å². The zero-order chi connectivity index (χ0) is 27.0. The van der Waals surface area contributed by atoms with Gasteiger partial charge in [0.1, 0.15) is 0 Å². The topological polar surface area (TPSA) is 119 Å². The number of carbonyl (C=O) groups excluding carboxylic acids is 3. The van der Waals surface area contributed by atoms with Gasteiger partial charge in [-0.3, -0.25) is 9.59 Å². The predicted octanol–water partition coefficient (Wildman–Crippen LogP) is 3.76. The molecule has 0 atom stereocenters. The zero-order valence-electron chi connectivity index (χ0n) is 21.4. The molecule has 0 saturated carbocycles. The number of piperidine rings is 1. The van der Waals surface area contributed by atoms with Gasteiger partial charge >= 0.3 is 11.9 Å². The van der Waals surface area contributed by atoms with E-state index in [0.29, 0.717) is 37.3 Å². The molecule has 3 rings (SSSR count). The van der Waals surface area contributed by atoms with E-state index in [1.807, 2.05) is 13.8 Å². The highest BCUT2D eigenvalue weighted by Gasteiger charge is 2.33. The fraction of sp³-hybridized carbons (Fsp3) is 0.444. The molecule has 0 radical (unpaired) electrons. The van der Waals surface area contributed by atoms with Crippen LogP contribution in [0.3, 0.4) is 0 Å². The number of esters is 2. The second-order valence-corrected chi connectivity index (χ2v) is 11.2. The van der Waals surface area contributed by atoms with E-state index in [1.54, 1.807) is 37.3 Å². The lowest BCUT2D eigenvalue weighted by molar-refractivity contribution is -0.149. The Morgan fingerprint density at radius 3 is 2.35 bits per heavy atom. The van der Waals surface area contributed by atoms with Crippen LogP contribution in [-0.2, 0) is 24.3 Å². The van der Waals surface area contributed by atoms with Gasteiger partial charge in [-0.15, -0.1) is 0 Å². The maximum absolute atomic E-state index is 13.2. The maximum atomic E-state index is 13.2. The lowest BCUT2D eigenvalue weighted by Gasteiger charge is -2.30. The molecular formula is C27H34N2O7S. The highest BCUT2D eigenvalue weighted by molar-refractivity contribution is 7.89. The Morgan fingerprint density at radius 1 is 1.00 bits per heavy atom. The van der Waals surface area contributed by atoms with Crippen molar-refractivity contribution in [2.24, 2.45) is 11.8 Å². The summed E-state index contributed by atoms with van der Waals surface area (Å²) in [5.41, 5.74) is 1.20. The van der Waals surface area contributed by atoms with Gasteiger partial charge in [0.2, 0.25) is 10.0 Å². The van der Waals surface area contributed by atoms with Crippen LogP contribution in [0, 0.1) is 11.8 Å². The minimum atomic E-state index is -3.82. The first-order valence-electron chi connectivity index (χ1n) is 12.4. The number of ether oxygens (including phenoxy) is 2. The summed E-state index contributed by atoms with van der Waals surface area (Å²) in [5.74, 6) is -1.11. The number of rotatable bonds is 11. The molecule has 0 spiro atoms. The number of nitrogens with one attached hydrogen (secondary N) is 1. The average molecular weight is 531 g/mol. The second-order valence-electron chi connectivity index (χ2n) is 9.31. The van der Waals surface area contributed by atoms with Crippen LogP contribution in [0.25, 0.3) is 0 Å². The second kappa shape index (κ2) is 12.8. The van der Waals surface area contributed by atoms with Crippen molar-refractivity contribution in [1.29, 1.82) is 0 Å². The summed E-state index contributed by atoms with van der Waals surface area (Å²) in [6, 6.07) is 12.6. The fourth-order valence-corrected chi connectivity index (χ4v) is 5.45. The number of nitrogens with zero attached hydrogens (tertiary/aromatic N) is 1.